The van der Waals surface area contributed by atoms with Crippen molar-refractivity contribution in [2.75, 3.05) is 7.11 Å². The number of ketones is 1. The summed E-state index contributed by atoms with van der Waals surface area (Å²) in [6.45, 7) is 0. The first-order valence-corrected chi connectivity index (χ1v) is 12.6. The first-order chi connectivity index (χ1) is 18.9. The molecule has 0 aliphatic carbocycles. The molecule has 4 aromatic carbocycles. The molecule has 0 amide bonds. The van der Waals surface area contributed by atoms with Gasteiger partial charge in [0, 0.05) is 32.6 Å². The molecule has 6 nitrogen and oxygen atoms in total. The number of furan rings is 1. The molecule has 1 aliphatic rings. The standard InChI is InChI=1S/C31H18Cl2O6/c1-36-18-11-13-25-22(14-18)28(30(39-25)17-6-3-2-4-7-17)31(35)37-19-10-12-20-26(15-19)38-27(29(20)34)16-21-23(32)8-5-9-24(21)33/h2-16H,1H3/b27-16-. The zero-order valence-electron chi connectivity index (χ0n) is 20.4. The highest BCUT2D eigenvalue weighted by Crippen LogP contribution is 2.39. The Balaban J connectivity index is 1.34. The maximum absolute atomic E-state index is 13.6. The molecule has 1 aliphatic heterocycles. The van der Waals surface area contributed by atoms with E-state index in [4.69, 9.17) is 41.8 Å². The summed E-state index contributed by atoms with van der Waals surface area (Å²) >= 11 is 12.5. The number of fused-ring (bicyclic) bond motifs is 2. The number of halogens is 2. The van der Waals surface area contributed by atoms with Crippen LogP contribution in [0.3, 0.4) is 0 Å². The molecule has 0 saturated carbocycles. The van der Waals surface area contributed by atoms with Crippen molar-refractivity contribution >= 4 is 52.0 Å². The first-order valence-electron chi connectivity index (χ1n) is 11.8. The number of carbonyl (C=O) groups is 2. The first kappa shape index (κ1) is 24.8. The number of rotatable bonds is 5. The van der Waals surface area contributed by atoms with Gasteiger partial charge >= 0.3 is 5.97 Å². The summed E-state index contributed by atoms with van der Waals surface area (Å²) < 4.78 is 23.0. The van der Waals surface area contributed by atoms with E-state index in [2.05, 4.69) is 0 Å². The van der Waals surface area contributed by atoms with Crippen molar-refractivity contribution in [2.45, 2.75) is 0 Å². The van der Waals surface area contributed by atoms with Gasteiger partial charge < -0.3 is 18.6 Å². The highest BCUT2D eigenvalue weighted by Gasteiger charge is 2.30. The quantitative estimate of drug-likeness (QED) is 0.123. The number of ether oxygens (including phenoxy) is 3. The summed E-state index contributed by atoms with van der Waals surface area (Å²) in [6, 6.07) is 24.1. The minimum atomic E-state index is -0.635. The Bertz CT molecular complexity index is 1780. The van der Waals surface area contributed by atoms with E-state index in [1.807, 2.05) is 30.3 Å². The molecule has 0 atom stereocenters. The van der Waals surface area contributed by atoms with Crippen LogP contribution in [-0.2, 0) is 0 Å². The number of allylic oxidation sites excluding steroid dienone is 1. The van der Waals surface area contributed by atoms with Crippen LogP contribution in [0.25, 0.3) is 28.4 Å². The van der Waals surface area contributed by atoms with Crippen LogP contribution in [0.5, 0.6) is 17.2 Å². The van der Waals surface area contributed by atoms with Gasteiger partial charge in [-0.3, -0.25) is 4.79 Å². The monoisotopic (exact) mass is 556 g/mol. The fourth-order valence-corrected chi connectivity index (χ4v) is 4.87. The molecule has 1 aromatic heterocycles. The summed E-state index contributed by atoms with van der Waals surface area (Å²) in [5.74, 6) is 0.476. The van der Waals surface area contributed by atoms with E-state index < -0.39 is 5.97 Å². The number of esters is 1. The molecule has 8 heteroatoms. The number of Topliss-reactive ketones (excluding diaryl/α,β-unsaturated/α-hetero) is 1. The zero-order valence-corrected chi connectivity index (χ0v) is 21.9. The lowest BCUT2D eigenvalue weighted by atomic mass is 10.1. The largest absolute Gasteiger partial charge is 0.497 e. The van der Waals surface area contributed by atoms with Crippen LogP contribution in [0.2, 0.25) is 10.0 Å². The lowest BCUT2D eigenvalue weighted by Gasteiger charge is -2.07. The van der Waals surface area contributed by atoms with Crippen molar-refractivity contribution in [3.63, 3.8) is 0 Å². The Morgan fingerprint density at radius 2 is 1.62 bits per heavy atom. The van der Waals surface area contributed by atoms with Gasteiger partial charge in [0.1, 0.15) is 34.2 Å². The molecule has 0 spiro atoms. The number of hydrogen-bond acceptors (Lipinski definition) is 6. The second-order valence-electron chi connectivity index (χ2n) is 8.66. The lowest BCUT2D eigenvalue weighted by Crippen LogP contribution is -2.09. The molecule has 39 heavy (non-hydrogen) atoms. The molecular formula is C31H18Cl2O6. The predicted octanol–water partition coefficient (Wildman–Crippen LogP) is 8.25. The molecule has 0 bridgehead atoms. The molecule has 0 saturated heterocycles. The van der Waals surface area contributed by atoms with E-state index in [9.17, 15) is 9.59 Å². The molecule has 5 aromatic rings. The smallest absolute Gasteiger partial charge is 0.348 e. The lowest BCUT2D eigenvalue weighted by molar-refractivity contribution is 0.0736. The fraction of sp³-hybridized carbons (Fsp3) is 0.0323. The summed E-state index contributed by atoms with van der Waals surface area (Å²) in [6.07, 6.45) is 1.50. The second kappa shape index (κ2) is 9.98. The van der Waals surface area contributed by atoms with E-state index >= 15 is 0 Å². The highest BCUT2D eigenvalue weighted by atomic mass is 35.5. The van der Waals surface area contributed by atoms with Crippen LogP contribution >= 0.6 is 23.2 Å². The van der Waals surface area contributed by atoms with Crippen molar-refractivity contribution < 1.29 is 28.2 Å². The number of methoxy groups -OCH3 is 1. The minimum absolute atomic E-state index is 0.0581. The average Bonchev–Trinajstić information content (AvgIpc) is 3.48. The Labute approximate surface area is 232 Å². The van der Waals surface area contributed by atoms with E-state index in [0.29, 0.717) is 43.7 Å². The number of carbonyl (C=O) groups excluding carboxylic acids is 2. The van der Waals surface area contributed by atoms with Crippen LogP contribution in [0.4, 0.5) is 0 Å². The van der Waals surface area contributed by atoms with Gasteiger partial charge in [0.05, 0.1) is 12.7 Å². The molecule has 0 fully saturated rings. The van der Waals surface area contributed by atoms with E-state index in [1.165, 1.54) is 18.2 Å². The Hall–Kier alpha value is -4.52. The van der Waals surface area contributed by atoms with Gasteiger partial charge in [-0.05, 0) is 48.5 Å². The molecular weight excluding hydrogens is 539 g/mol. The van der Waals surface area contributed by atoms with Gasteiger partial charge in [-0.25, -0.2) is 4.79 Å². The Morgan fingerprint density at radius 1 is 0.872 bits per heavy atom. The molecule has 0 radical (unpaired) electrons. The number of benzene rings is 4. The Kier molecular flexibility index (Phi) is 6.35. The van der Waals surface area contributed by atoms with Crippen LogP contribution in [-0.4, -0.2) is 18.9 Å². The Morgan fingerprint density at radius 3 is 2.36 bits per heavy atom. The van der Waals surface area contributed by atoms with Crippen molar-refractivity contribution in [1.82, 2.24) is 0 Å². The molecule has 2 heterocycles. The van der Waals surface area contributed by atoms with Crippen LogP contribution in [0.15, 0.2) is 95.1 Å². The van der Waals surface area contributed by atoms with Crippen LogP contribution in [0, 0.1) is 0 Å². The van der Waals surface area contributed by atoms with Crippen molar-refractivity contribution in [2.24, 2.45) is 0 Å². The van der Waals surface area contributed by atoms with Crippen molar-refractivity contribution in [1.29, 1.82) is 0 Å². The molecule has 192 valence electrons. The third-order valence-corrected chi connectivity index (χ3v) is 6.92. The third kappa shape index (κ3) is 4.54. The number of hydrogen-bond donors (Lipinski definition) is 0. The maximum atomic E-state index is 13.6. The third-order valence-electron chi connectivity index (χ3n) is 6.26. The topological polar surface area (TPSA) is 75.0 Å². The molecule has 6 rings (SSSR count). The normalized spacial score (nSPS) is 13.4. The molecule has 0 N–H and O–H groups in total. The maximum Gasteiger partial charge on any atom is 0.348 e. The zero-order chi connectivity index (χ0) is 27.1. The van der Waals surface area contributed by atoms with E-state index in [-0.39, 0.29) is 28.6 Å². The summed E-state index contributed by atoms with van der Waals surface area (Å²) in [5, 5.41) is 1.32. The van der Waals surface area contributed by atoms with Gasteiger partial charge in [-0.2, -0.15) is 0 Å². The van der Waals surface area contributed by atoms with Crippen LogP contribution < -0.4 is 14.2 Å². The van der Waals surface area contributed by atoms with Gasteiger partial charge in [-0.15, -0.1) is 0 Å². The average molecular weight is 557 g/mol. The SMILES string of the molecule is COc1ccc2oc(-c3ccccc3)c(C(=O)Oc3ccc4c(c3)O/C(=C\c3c(Cl)cccc3Cl)C4=O)c2c1. The van der Waals surface area contributed by atoms with Gasteiger partial charge in [0.15, 0.2) is 5.76 Å². The van der Waals surface area contributed by atoms with E-state index in [0.717, 1.165) is 5.56 Å². The predicted molar refractivity (Wildman–Crippen MR) is 149 cm³/mol. The minimum Gasteiger partial charge on any atom is -0.497 e. The van der Waals surface area contributed by atoms with Gasteiger partial charge in [0.25, 0.3) is 0 Å². The highest BCUT2D eigenvalue weighted by molar-refractivity contribution is 6.37. The summed E-state index contributed by atoms with van der Waals surface area (Å²) in [4.78, 5) is 26.5. The second-order valence-corrected chi connectivity index (χ2v) is 9.47. The van der Waals surface area contributed by atoms with Gasteiger partial charge in [0.2, 0.25) is 5.78 Å². The van der Waals surface area contributed by atoms with Crippen LogP contribution in [0.1, 0.15) is 26.3 Å². The summed E-state index contributed by atoms with van der Waals surface area (Å²) in [7, 11) is 1.55. The fourth-order valence-electron chi connectivity index (χ4n) is 4.37. The molecule has 0 unspecified atom stereocenters. The van der Waals surface area contributed by atoms with E-state index in [1.54, 1.807) is 49.6 Å². The summed E-state index contributed by atoms with van der Waals surface area (Å²) in [5.41, 5.74) is 2.28. The van der Waals surface area contributed by atoms with Crippen molar-refractivity contribution in [3.05, 3.63) is 117 Å². The van der Waals surface area contributed by atoms with Gasteiger partial charge in [-0.1, -0.05) is 59.6 Å². The van der Waals surface area contributed by atoms with Crippen molar-refractivity contribution in [3.8, 4) is 28.6 Å².